The van der Waals surface area contributed by atoms with Gasteiger partial charge < -0.3 is 19.7 Å². The number of methoxy groups -OCH3 is 1. The largest absolute Gasteiger partial charge is 0.497 e. The summed E-state index contributed by atoms with van der Waals surface area (Å²) in [4.78, 5) is 27.6. The van der Waals surface area contributed by atoms with E-state index < -0.39 is 11.6 Å². The molecule has 140 valence electrons. The second kappa shape index (κ2) is 7.11. The number of carbonyl (C=O) groups is 2. The van der Waals surface area contributed by atoms with E-state index in [1.807, 2.05) is 12.1 Å². The molecule has 1 spiro atoms. The van der Waals surface area contributed by atoms with Crippen molar-refractivity contribution in [2.24, 2.45) is 0 Å². The van der Waals surface area contributed by atoms with E-state index in [0.717, 1.165) is 13.1 Å². The van der Waals surface area contributed by atoms with Gasteiger partial charge in [0.1, 0.15) is 11.4 Å². The minimum atomic E-state index is -0.810. The number of likely N-dealkylation sites (tertiary alicyclic amines) is 1. The number of ether oxygens (including phenoxy) is 2. The van der Waals surface area contributed by atoms with Gasteiger partial charge in [0, 0.05) is 49.3 Å². The van der Waals surface area contributed by atoms with E-state index in [0.29, 0.717) is 41.5 Å². The lowest BCUT2D eigenvalue weighted by molar-refractivity contribution is -0.151. The van der Waals surface area contributed by atoms with Crippen LogP contribution in [0.1, 0.15) is 33.6 Å². The first-order chi connectivity index (χ1) is 12.4. The van der Waals surface area contributed by atoms with E-state index in [1.54, 1.807) is 26.2 Å². The molecule has 0 unspecified atom stereocenters. The first-order valence-corrected chi connectivity index (χ1v) is 9.00. The number of amides is 1. The van der Waals surface area contributed by atoms with Gasteiger partial charge in [-0.2, -0.15) is 0 Å². The van der Waals surface area contributed by atoms with Crippen molar-refractivity contribution >= 4 is 17.6 Å². The summed E-state index contributed by atoms with van der Waals surface area (Å²) in [5.41, 5.74) is 0.691. The zero-order valence-electron chi connectivity index (χ0n) is 15.8. The molecule has 0 aromatic heterocycles. The first kappa shape index (κ1) is 18.5. The van der Waals surface area contributed by atoms with Gasteiger partial charge in [0.15, 0.2) is 0 Å². The van der Waals surface area contributed by atoms with Crippen LogP contribution in [0.25, 0.3) is 0 Å². The van der Waals surface area contributed by atoms with Gasteiger partial charge in [-0.1, -0.05) is 6.07 Å². The number of hydrogen-bond donors (Lipinski definition) is 1. The Morgan fingerprint density at radius 1 is 1.31 bits per heavy atom. The lowest BCUT2D eigenvalue weighted by Gasteiger charge is -2.40. The maximum Gasteiger partial charge on any atom is 0.335 e. The van der Waals surface area contributed by atoms with Crippen LogP contribution in [0, 0.1) is 0 Å². The Hall–Kier alpha value is -2.34. The van der Waals surface area contributed by atoms with Gasteiger partial charge in [-0.25, -0.2) is 4.79 Å². The number of benzene rings is 1. The summed E-state index contributed by atoms with van der Waals surface area (Å²) in [5, 5.41) is 2.89. The van der Waals surface area contributed by atoms with Crippen LogP contribution in [0.3, 0.4) is 0 Å². The van der Waals surface area contributed by atoms with Crippen molar-refractivity contribution in [1.82, 2.24) is 4.90 Å². The zero-order chi connectivity index (χ0) is 18.9. The molecule has 3 rings (SSSR count). The number of piperidine rings is 1. The van der Waals surface area contributed by atoms with Crippen LogP contribution in [-0.4, -0.2) is 48.6 Å². The van der Waals surface area contributed by atoms with Crippen LogP contribution < -0.4 is 10.1 Å². The predicted octanol–water partition coefficient (Wildman–Crippen LogP) is 2.75. The minimum absolute atomic E-state index is 0.278. The smallest absolute Gasteiger partial charge is 0.335 e. The number of nitrogens with one attached hydrogen (secondary N) is 1. The Labute approximate surface area is 154 Å². The fourth-order valence-corrected chi connectivity index (χ4v) is 3.77. The quantitative estimate of drug-likeness (QED) is 0.838. The Morgan fingerprint density at radius 3 is 2.62 bits per heavy atom. The highest BCUT2D eigenvalue weighted by Gasteiger charge is 2.50. The molecule has 2 aliphatic rings. The average Bonchev–Trinajstić information content (AvgIpc) is 2.85. The summed E-state index contributed by atoms with van der Waals surface area (Å²) in [6.07, 6.45) is 1.27. The standard InChI is InChI=1S/C20H26N2O4/c1-13(2)22-10-8-20(9-11-22)17(14(3)19(24)26-20)18(23)21-15-6-5-7-16(12-15)25-4/h5-7,12-13H,8-11H2,1-4H3,(H,21,23). The van der Waals surface area contributed by atoms with Gasteiger partial charge in [-0.15, -0.1) is 0 Å². The summed E-state index contributed by atoms with van der Waals surface area (Å²) in [7, 11) is 1.58. The topological polar surface area (TPSA) is 67.9 Å². The number of hydrogen-bond acceptors (Lipinski definition) is 5. The molecule has 1 fully saturated rings. The van der Waals surface area contributed by atoms with E-state index in [4.69, 9.17) is 9.47 Å². The van der Waals surface area contributed by atoms with Gasteiger partial charge >= 0.3 is 5.97 Å². The number of rotatable bonds is 4. The fourth-order valence-electron chi connectivity index (χ4n) is 3.77. The molecule has 0 saturated carbocycles. The normalized spacial score (nSPS) is 19.8. The molecule has 6 heteroatoms. The second-order valence-corrected chi connectivity index (χ2v) is 7.20. The highest BCUT2D eigenvalue weighted by molar-refractivity contribution is 6.12. The van der Waals surface area contributed by atoms with Crippen molar-refractivity contribution in [3.63, 3.8) is 0 Å². The Bertz CT molecular complexity index is 746. The number of esters is 1. The summed E-state index contributed by atoms with van der Waals surface area (Å²) in [6, 6.07) is 7.60. The summed E-state index contributed by atoms with van der Waals surface area (Å²) < 4.78 is 10.9. The molecule has 1 saturated heterocycles. The molecular weight excluding hydrogens is 332 g/mol. The van der Waals surface area contributed by atoms with Crippen LogP contribution >= 0.6 is 0 Å². The van der Waals surface area contributed by atoms with Crippen LogP contribution in [0.5, 0.6) is 5.75 Å². The van der Waals surface area contributed by atoms with Crippen molar-refractivity contribution < 1.29 is 19.1 Å². The first-order valence-electron chi connectivity index (χ1n) is 9.00. The van der Waals surface area contributed by atoms with E-state index >= 15 is 0 Å². The third-order valence-electron chi connectivity index (χ3n) is 5.32. The highest BCUT2D eigenvalue weighted by Crippen LogP contribution is 2.41. The Morgan fingerprint density at radius 2 is 2.00 bits per heavy atom. The SMILES string of the molecule is COc1cccc(NC(=O)C2=C(C)C(=O)OC23CCN(C(C)C)CC3)c1. The molecule has 0 bridgehead atoms. The fraction of sp³-hybridized carbons (Fsp3) is 0.500. The van der Waals surface area contributed by atoms with E-state index in [2.05, 4.69) is 24.1 Å². The van der Waals surface area contributed by atoms with E-state index in [1.165, 1.54) is 0 Å². The molecule has 0 atom stereocenters. The van der Waals surface area contributed by atoms with Gasteiger partial charge in [0.25, 0.3) is 5.91 Å². The van der Waals surface area contributed by atoms with E-state index in [9.17, 15) is 9.59 Å². The third-order valence-corrected chi connectivity index (χ3v) is 5.32. The lowest BCUT2D eigenvalue weighted by atomic mass is 9.82. The molecule has 26 heavy (non-hydrogen) atoms. The second-order valence-electron chi connectivity index (χ2n) is 7.20. The molecular formula is C20H26N2O4. The van der Waals surface area contributed by atoms with Crippen molar-refractivity contribution in [1.29, 1.82) is 0 Å². The van der Waals surface area contributed by atoms with Crippen LogP contribution in [0.15, 0.2) is 35.4 Å². The maximum absolute atomic E-state index is 13.0. The summed E-state index contributed by atoms with van der Waals surface area (Å²) in [6.45, 7) is 7.57. The van der Waals surface area contributed by atoms with E-state index in [-0.39, 0.29) is 5.91 Å². The van der Waals surface area contributed by atoms with Crippen molar-refractivity contribution in [2.45, 2.75) is 45.3 Å². The number of nitrogens with zero attached hydrogens (tertiary/aromatic N) is 1. The minimum Gasteiger partial charge on any atom is -0.497 e. The lowest BCUT2D eigenvalue weighted by Crippen LogP contribution is -2.49. The summed E-state index contributed by atoms with van der Waals surface area (Å²) >= 11 is 0. The molecule has 6 nitrogen and oxygen atoms in total. The van der Waals surface area contributed by atoms with Crippen LogP contribution in [0.4, 0.5) is 5.69 Å². The summed E-state index contributed by atoms with van der Waals surface area (Å²) in [5.74, 6) is -0.00871. The van der Waals surface area contributed by atoms with Gasteiger partial charge in [-0.05, 0) is 32.9 Å². The monoisotopic (exact) mass is 358 g/mol. The van der Waals surface area contributed by atoms with Crippen molar-refractivity contribution in [2.75, 3.05) is 25.5 Å². The molecule has 1 amide bonds. The molecule has 2 heterocycles. The van der Waals surface area contributed by atoms with Gasteiger partial charge in [0.2, 0.25) is 0 Å². The molecule has 1 aromatic rings. The number of carbonyl (C=O) groups excluding carboxylic acids is 2. The number of anilines is 1. The van der Waals surface area contributed by atoms with Gasteiger partial charge in [0.05, 0.1) is 12.7 Å². The van der Waals surface area contributed by atoms with Crippen molar-refractivity contribution in [3.05, 3.63) is 35.4 Å². The van der Waals surface area contributed by atoms with Gasteiger partial charge in [-0.3, -0.25) is 4.79 Å². The maximum atomic E-state index is 13.0. The molecule has 2 aliphatic heterocycles. The van der Waals surface area contributed by atoms with Crippen LogP contribution in [-0.2, 0) is 14.3 Å². The average molecular weight is 358 g/mol. The Kier molecular flexibility index (Phi) is 5.05. The molecule has 1 aromatic carbocycles. The molecule has 0 aliphatic carbocycles. The zero-order valence-corrected chi connectivity index (χ0v) is 15.8. The molecule has 1 N–H and O–H groups in total. The predicted molar refractivity (Wildman–Crippen MR) is 99.1 cm³/mol. The third kappa shape index (κ3) is 3.33. The van der Waals surface area contributed by atoms with Crippen LogP contribution in [0.2, 0.25) is 0 Å². The Balaban J connectivity index is 1.83. The van der Waals surface area contributed by atoms with Crippen molar-refractivity contribution in [3.8, 4) is 5.75 Å². The highest BCUT2D eigenvalue weighted by atomic mass is 16.6. The molecule has 0 radical (unpaired) electrons.